The molecule has 0 spiro atoms. The van der Waals surface area contributed by atoms with Gasteiger partial charge in [-0.05, 0) is 218 Å². The van der Waals surface area contributed by atoms with Crippen molar-refractivity contribution in [1.29, 1.82) is 0 Å². The van der Waals surface area contributed by atoms with Gasteiger partial charge in [-0.15, -0.1) is 68.0 Å². The van der Waals surface area contributed by atoms with Crippen molar-refractivity contribution in [3.05, 3.63) is 246 Å². The van der Waals surface area contributed by atoms with Crippen LogP contribution >= 0.6 is 68.0 Å². The van der Waals surface area contributed by atoms with Gasteiger partial charge in [0.2, 0.25) is 0 Å². The molecule has 10 aromatic rings. The van der Waals surface area contributed by atoms with Gasteiger partial charge in [0.15, 0.2) is 0 Å². The zero-order chi connectivity index (χ0) is 85.8. The van der Waals surface area contributed by atoms with Crippen LogP contribution in [0.2, 0.25) is 0 Å². The second-order valence-corrected chi connectivity index (χ2v) is 42.7. The Hall–Kier alpha value is -6.50. The van der Waals surface area contributed by atoms with Gasteiger partial charge < -0.3 is 9.80 Å². The van der Waals surface area contributed by atoms with Crippen molar-refractivity contribution < 1.29 is 9.59 Å². The number of carbonyl (C=O) groups excluding carboxylic acids is 2. The Kier molecular flexibility index (Phi) is 43.1. The molecular formula is C114H152N2O2S6. The second-order valence-electron chi connectivity index (χ2n) is 36.6. The topological polar surface area (TPSA) is 40.6 Å². The summed E-state index contributed by atoms with van der Waals surface area (Å²) in [7, 11) is 0. The van der Waals surface area contributed by atoms with Crippen molar-refractivity contribution in [3.8, 4) is 39.0 Å². The van der Waals surface area contributed by atoms with E-state index in [1.165, 1.54) is 315 Å². The van der Waals surface area contributed by atoms with Crippen molar-refractivity contribution in [2.24, 2.45) is 11.8 Å². The largest absolute Gasteiger partial charge is 0.306 e. The molecule has 0 fully saturated rings. The summed E-state index contributed by atoms with van der Waals surface area (Å²) >= 11 is 11.4. The summed E-state index contributed by atoms with van der Waals surface area (Å²) in [5, 5.41) is 4.61. The highest BCUT2D eigenvalue weighted by molar-refractivity contribution is 7.27. The standard InChI is InChI=1S/C114H152N2O2S6/c1-5-9-13-17-21-25-27-31-35-43-67-93(65-41-33-29-23-19-15-11-7-3)87-115-107(103-85-97(75-55-71-91-61-49-39-50-62-91)111(123-103)101-79-77-99(121-101)109-95(81-83-119-109)73-53-69-89-57-45-37-46-58-89)105-106(113(115)117)108(116(114(105)118)88-94(66-42-34-30-24-20-16-12-8-4)68-44-36-32-28-26-22-18-14-10-6-2)104-86-98(76-56-72-92-63-51-40-52-64-92)112(124-104)102-80-78-100(122-102)110-96(82-84-120-110)74-54-70-90-59-47-38-48-60-90/h37-40,45-52,57-64,77-86,93-94H,5-36,41-44,53-56,65-76,87-88H2,1-4H3. The van der Waals surface area contributed by atoms with Crippen molar-refractivity contribution in [2.45, 2.75) is 362 Å². The molecule has 6 aromatic heterocycles. The molecule has 0 bridgehead atoms. The SMILES string of the molecule is CCCCCCCCCCCCC(CCCCCCCCCC)CN1C(=O)C2=C(c3cc(CCCc4ccccc4)c(-c4ccc(-c5sccc5CCCc5ccccc5)s4)s3)N(CC(CCCCCCCCCC)CCCCCCCCCCCC)C(=O)C2=C1c1cc(CCCc2ccccc2)c(-c2ccc(-c3sccc3CCCc3ccccc3)s2)s1. The van der Waals surface area contributed by atoms with Crippen LogP contribution in [0.4, 0.5) is 0 Å². The van der Waals surface area contributed by atoms with E-state index in [1.807, 2.05) is 68.0 Å². The third kappa shape index (κ3) is 30.3. The lowest BCUT2D eigenvalue weighted by Gasteiger charge is -2.29. The number of unbranched alkanes of at least 4 members (excludes halogenated alkanes) is 32. The van der Waals surface area contributed by atoms with Gasteiger partial charge in [0.25, 0.3) is 11.8 Å². The van der Waals surface area contributed by atoms with E-state index in [0.29, 0.717) is 36.1 Å². The third-order valence-corrected chi connectivity index (χ3v) is 33.8. The fourth-order valence-electron chi connectivity index (χ4n) is 19.5. The molecular weight excluding hydrogens is 1620 g/mol. The average Bonchev–Trinajstić information content (AvgIpc) is 1.55. The Balaban J connectivity index is 0.982. The van der Waals surface area contributed by atoms with E-state index in [-0.39, 0.29) is 11.8 Å². The summed E-state index contributed by atoms with van der Waals surface area (Å²) in [4.78, 5) is 52.3. The molecule has 10 heteroatoms. The maximum Gasteiger partial charge on any atom is 0.261 e. The van der Waals surface area contributed by atoms with Crippen LogP contribution in [-0.2, 0) is 61.0 Å². The highest BCUT2D eigenvalue weighted by Crippen LogP contribution is 2.54. The molecule has 124 heavy (non-hydrogen) atoms. The number of hydrogen-bond donors (Lipinski definition) is 0. The van der Waals surface area contributed by atoms with E-state index < -0.39 is 0 Å². The lowest BCUT2D eigenvalue weighted by atomic mass is 9.93. The van der Waals surface area contributed by atoms with Crippen LogP contribution in [-0.4, -0.2) is 34.7 Å². The van der Waals surface area contributed by atoms with Crippen LogP contribution in [0.3, 0.4) is 0 Å². The highest BCUT2D eigenvalue weighted by atomic mass is 32.1. The Morgan fingerprint density at radius 2 is 0.492 bits per heavy atom. The summed E-state index contributed by atoms with van der Waals surface area (Å²) in [5.41, 5.74) is 14.2. The van der Waals surface area contributed by atoms with Crippen molar-refractivity contribution in [1.82, 2.24) is 9.80 Å². The molecule has 666 valence electrons. The lowest BCUT2D eigenvalue weighted by Crippen LogP contribution is -2.34. The molecule has 4 nitrogen and oxygen atoms in total. The summed E-state index contributed by atoms with van der Waals surface area (Å²) < 4.78 is 0. The van der Waals surface area contributed by atoms with Crippen LogP contribution in [0.5, 0.6) is 0 Å². The molecule has 2 aliphatic heterocycles. The monoisotopic (exact) mass is 1770 g/mol. The first kappa shape index (κ1) is 96.6. The predicted molar refractivity (Wildman–Crippen MR) is 547 cm³/mol. The van der Waals surface area contributed by atoms with E-state index in [1.54, 1.807) is 0 Å². The van der Waals surface area contributed by atoms with E-state index in [9.17, 15) is 0 Å². The maximum absolute atomic E-state index is 17.5. The van der Waals surface area contributed by atoms with Crippen molar-refractivity contribution in [2.75, 3.05) is 13.1 Å². The molecule has 0 N–H and O–H groups in total. The Morgan fingerprint density at radius 1 is 0.242 bits per heavy atom. The molecule has 0 saturated heterocycles. The number of benzene rings is 4. The molecule has 8 heterocycles. The van der Waals surface area contributed by atoms with E-state index >= 15 is 9.59 Å². The molecule has 0 aliphatic carbocycles. The minimum Gasteiger partial charge on any atom is -0.306 e. The fourth-order valence-corrected chi connectivity index (χ4v) is 26.5. The minimum absolute atomic E-state index is 0.0575. The van der Waals surface area contributed by atoms with E-state index in [4.69, 9.17) is 0 Å². The van der Waals surface area contributed by atoms with Gasteiger partial charge in [-0.1, -0.05) is 380 Å². The molecule has 2 amide bonds. The summed E-state index contributed by atoms with van der Waals surface area (Å²) in [6.07, 6.45) is 63.2. The van der Waals surface area contributed by atoms with E-state index in [2.05, 4.69) is 218 Å². The zero-order valence-corrected chi connectivity index (χ0v) is 81.7. The van der Waals surface area contributed by atoms with Gasteiger partial charge in [-0.2, -0.15) is 0 Å². The molecule has 12 rings (SSSR count). The first-order chi connectivity index (χ1) is 61.3. The Labute approximate surface area is 775 Å². The smallest absolute Gasteiger partial charge is 0.261 e. The first-order valence-corrected chi connectivity index (χ1v) is 55.2. The van der Waals surface area contributed by atoms with Gasteiger partial charge in [0.1, 0.15) is 0 Å². The summed E-state index contributed by atoms with van der Waals surface area (Å²) in [6.45, 7) is 10.6. The first-order valence-electron chi connectivity index (χ1n) is 50.2. The number of carbonyl (C=O) groups is 2. The Morgan fingerprint density at radius 3 is 0.766 bits per heavy atom. The van der Waals surface area contributed by atoms with Gasteiger partial charge in [0, 0.05) is 52.1 Å². The fraction of sp³-hybridized carbons (Fsp3) is 0.526. The van der Waals surface area contributed by atoms with Crippen molar-refractivity contribution >= 4 is 91.2 Å². The minimum atomic E-state index is 0.0575. The van der Waals surface area contributed by atoms with Gasteiger partial charge in [-0.3, -0.25) is 9.59 Å². The van der Waals surface area contributed by atoms with Crippen molar-refractivity contribution in [3.63, 3.8) is 0 Å². The van der Waals surface area contributed by atoms with Gasteiger partial charge in [-0.25, -0.2) is 0 Å². The molecule has 2 atom stereocenters. The third-order valence-electron chi connectivity index (χ3n) is 26.6. The number of rotatable bonds is 66. The van der Waals surface area contributed by atoms with Gasteiger partial charge >= 0.3 is 0 Å². The van der Waals surface area contributed by atoms with Crippen LogP contribution in [0.1, 0.15) is 364 Å². The number of aryl methyl sites for hydroxylation is 8. The number of nitrogens with zero attached hydrogens (tertiary/aromatic N) is 2. The van der Waals surface area contributed by atoms with E-state index in [0.717, 1.165) is 124 Å². The van der Waals surface area contributed by atoms with Crippen LogP contribution in [0.15, 0.2) is 192 Å². The van der Waals surface area contributed by atoms with Crippen LogP contribution < -0.4 is 0 Å². The van der Waals surface area contributed by atoms with Crippen LogP contribution in [0, 0.1) is 11.8 Å². The molecule has 2 unspecified atom stereocenters. The molecule has 0 saturated carbocycles. The maximum atomic E-state index is 17.5. The highest BCUT2D eigenvalue weighted by Gasteiger charge is 2.51. The average molecular weight is 1770 g/mol. The lowest BCUT2D eigenvalue weighted by molar-refractivity contribution is -0.124. The molecule has 2 aliphatic rings. The van der Waals surface area contributed by atoms with Crippen LogP contribution in [0.25, 0.3) is 50.4 Å². The normalized spacial score (nSPS) is 13.5. The van der Waals surface area contributed by atoms with Gasteiger partial charge in [0.05, 0.1) is 32.3 Å². The number of hydrogen-bond acceptors (Lipinski definition) is 8. The molecule has 0 radical (unpaired) electrons. The molecule has 4 aromatic carbocycles. The second kappa shape index (κ2) is 55.4. The number of thiophene rings is 6. The summed E-state index contributed by atoms with van der Waals surface area (Å²) in [6, 6.07) is 63.5. The summed E-state index contributed by atoms with van der Waals surface area (Å²) in [5.74, 6) is 0.731. The zero-order valence-electron chi connectivity index (χ0n) is 76.8. The number of amides is 2. The Bertz CT molecular complexity index is 4400. The quantitative estimate of drug-likeness (QED) is 0.0357. The predicted octanol–water partition coefficient (Wildman–Crippen LogP) is 36.1. The number of fused-ring (bicyclic) bond motifs is 1.